The number of nitrogens with one attached hydrogen (secondary N) is 1. The van der Waals surface area contributed by atoms with Crippen LogP contribution in [0.15, 0.2) is 0 Å². The predicted molar refractivity (Wildman–Crippen MR) is 90.2 cm³/mol. The van der Waals surface area contributed by atoms with Gasteiger partial charge >= 0.3 is 15.1 Å². The summed E-state index contributed by atoms with van der Waals surface area (Å²) in [5.41, 5.74) is 0. The van der Waals surface area contributed by atoms with Crippen molar-refractivity contribution in [1.29, 1.82) is 0 Å². The van der Waals surface area contributed by atoms with Crippen molar-refractivity contribution in [3.63, 3.8) is 0 Å². The van der Waals surface area contributed by atoms with Crippen LogP contribution in [0.4, 0.5) is 4.79 Å². The Hall–Kier alpha value is 0.0175. The van der Waals surface area contributed by atoms with Crippen molar-refractivity contribution < 1.29 is 22.2 Å². The first-order valence-corrected chi connectivity index (χ1v) is 18.6. The molecule has 6 nitrogen and oxygen atoms in total. The van der Waals surface area contributed by atoms with Crippen molar-refractivity contribution in [1.82, 2.24) is 4.98 Å². The van der Waals surface area contributed by atoms with Gasteiger partial charge in [-0.2, -0.15) is 0 Å². The van der Waals surface area contributed by atoms with E-state index in [0.717, 1.165) is 0 Å². The van der Waals surface area contributed by atoms with Crippen LogP contribution in [0, 0.1) is 0 Å². The van der Waals surface area contributed by atoms with E-state index in [2.05, 4.69) is 4.98 Å². The lowest BCUT2D eigenvalue weighted by atomic mass is 11.3. The van der Waals surface area contributed by atoms with E-state index in [1.54, 1.807) is 0 Å². The molecule has 0 aliphatic carbocycles. The number of carboxylic acid groups (broad SMARTS) is 1. The van der Waals surface area contributed by atoms with E-state index in [1.165, 1.54) is 0 Å². The molecule has 0 saturated heterocycles. The van der Waals surface area contributed by atoms with Crippen molar-refractivity contribution in [2.24, 2.45) is 0 Å². The van der Waals surface area contributed by atoms with Crippen molar-refractivity contribution in [3.05, 3.63) is 0 Å². The number of hydrogen-bond acceptors (Lipinski definition) is 4. The summed E-state index contributed by atoms with van der Waals surface area (Å²) >= 11 is 0. The van der Waals surface area contributed by atoms with Crippen LogP contribution in [0.2, 0.25) is 58.9 Å². The molecule has 0 aromatic heterocycles. The Bertz CT molecular complexity index is 304. The number of carbonyl (C=O) groups is 1. The van der Waals surface area contributed by atoms with Gasteiger partial charge in [0, 0.05) is 0 Å². The molecule has 0 bridgehead atoms. The molecule has 0 aliphatic rings. The third-order valence-electron chi connectivity index (χ3n) is 1.58. The molecular formula is C10H29NO5Si4. The average molecular weight is 356 g/mol. The van der Waals surface area contributed by atoms with Crippen molar-refractivity contribution in [2.45, 2.75) is 58.9 Å². The van der Waals surface area contributed by atoms with Crippen LogP contribution in [-0.2, 0) is 12.3 Å². The van der Waals surface area contributed by atoms with Gasteiger partial charge < -0.3 is 17.5 Å². The average Bonchev–Trinajstić information content (AvgIpc) is 1.86. The highest BCUT2D eigenvalue weighted by atomic mass is 28.5. The van der Waals surface area contributed by atoms with Gasteiger partial charge in [0.05, 0.1) is 0 Å². The van der Waals surface area contributed by atoms with Gasteiger partial charge in [-0.3, -0.25) is 4.98 Å². The zero-order valence-electron chi connectivity index (χ0n) is 14.1. The third-order valence-corrected chi connectivity index (χ3v) is 12.7. The SMILES string of the molecule is C[Si](C)(C)O[Si](NC(=O)O)(O[Si](C)(C)C)O[Si](C)(C)C. The van der Waals surface area contributed by atoms with Crippen LogP contribution < -0.4 is 4.98 Å². The second-order valence-electron chi connectivity index (χ2n) is 7.63. The summed E-state index contributed by atoms with van der Waals surface area (Å²) in [6.07, 6.45) is -1.16. The zero-order chi connectivity index (χ0) is 16.4. The predicted octanol–water partition coefficient (Wildman–Crippen LogP) is 3.24. The smallest absolute Gasteiger partial charge is 0.465 e. The molecule has 120 valence electrons. The van der Waals surface area contributed by atoms with E-state index in [9.17, 15) is 4.79 Å². The second kappa shape index (κ2) is 6.42. The minimum atomic E-state index is -3.43. The summed E-state index contributed by atoms with van der Waals surface area (Å²) < 4.78 is 18.3. The molecular weight excluding hydrogens is 326 g/mol. The van der Waals surface area contributed by atoms with Gasteiger partial charge in [-0.15, -0.1) is 0 Å². The highest BCUT2D eigenvalue weighted by Crippen LogP contribution is 2.23. The van der Waals surface area contributed by atoms with Crippen LogP contribution in [0.5, 0.6) is 0 Å². The first-order chi connectivity index (χ1) is 8.54. The Morgan fingerprint density at radius 2 is 1.00 bits per heavy atom. The molecule has 0 radical (unpaired) electrons. The number of rotatable bonds is 7. The monoisotopic (exact) mass is 355 g/mol. The fourth-order valence-corrected chi connectivity index (χ4v) is 13.7. The second-order valence-corrected chi connectivity index (χ2v) is 24.1. The van der Waals surface area contributed by atoms with Crippen molar-refractivity contribution in [2.75, 3.05) is 0 Å². The quantitative estimate of drug-likeness (QED) is 0.686. The lowest BCUT2D eigenvalue weighted by molar-refractivity contribution is 0.182. The van der Waals surface area contributed by atoms with Gasteiger partial charge in [-0.25, -0.2) is 4.79 Å². The molecule has 0 fully saturated rings. The Kier molecular flexibility index (Phi) is 6.42. The summed E-state index contributed by atoms with van der Waals surface area (Å²) in [7, 11) is -9.52. The Balaban J connectivity index is 5.56. The lowest BCUT2D eigenvalue weighted by Gasteiger charge is -2.41. The van der Waals surface area contributed by atoms with Crippen LogP contribution >= 0.6 is 0 Å². The van der Waals surface area contributed by atoms with Crippen LogP contribution in [0.1, 0.15) is 0 Å². The van der Waals surface area contributed by atoms with E-state index in [1.807, 2.05) is 58.9 Å². The maximum Gasteiger partial charge on any atom is 0.604 e. The highest BCUT2D eigenvalue weighted by molar-refractivity contribution is 6.89. The van der Waals surface area contributed by atoms with Gasteiger partial charge in [0.1, 0.15) is 0 Å². The minimum absolute atomic E-state index is 1.16. The van der Waals surface area contributed by atoms with Gasteiger partial charge in [0.25, 0.3) is 0 Å². The summed E-state index contributed by atoms with van der Waals surface area (Å²) in [6.45, 7) is 18.0. The molecule has 0 aromatic rings. The molecule has 2 N–H and O–H groups in total. The van der Waals surface area contributed by atoms with Crippen LogP contribution in [-0.4, -0.2) is 45.1 Å². The van der Waals surface area contributed by atoms with Crippen LogP contribution in [0.3, 0.4) is 0 Å². The molecule has 10 heteroatoms. The van der Waals surface area contributed by atoms with Gasteiger partial charge in [0.2, 0.25) is 0 Å². The molecule has 0 spiro atoms. The number of hydrogen-bond donors (Lipinski definition) is 2. The van der Waals surface area contributed by atoms with E-state index >= 15 is 0 Å². The van der Waals surface area contributed by atoms with E-state index in [0.29, 0.717) is 0 Å². The molecule has 1 amide bonds. The standard InChI is InChI=1S/C10H29NO5Si4/c1-17(2,3)14-20(11-10(12)13,15-18(4,5)6)16-19(7,8)9/h11H,1-9H3,(H,12,13). The maximum atomic E-state index is 11.2. The lowest BCUT2D eigenvalue weighted by Crippen LogP contribution is -2.69. The van der Waals surface area contributed by atoms with Gasteiger partial charge in [-0.1, -0.05) is 0 Å². The van der Waals surface area contributed by atoms with Crippen molar-refractivity contribution in [3.8, 4) is 0 Å². The molecule has 0 unspecified atom stereocenters. The maximum absolute atomic E-state index is 11.2. The summed E-state index contributed by atoms with van der Waals surface area (Å²) in [4.78, 5) is 13.7. The Labute approximate surface area is 126 Å². The van der Waals surface area contributed by atoms with E-state index in [4.69, 9.17) is 17.5 Å². The first kappa shape index (κ1) is 20.0. The van der Waals surface area contributed by atoms with Crippen molar-refractivity contribution >= 4 is 40.0 Å². The fraction of sp³-hybridized carbons (Fsp3) is 0.900. The minimum Gasteiger partial charge on any atom is -0.465 e. The molecule has 20 heavy (non-hydrogen) atoms. The number of amides is 1. The summed E-state index contributed by atoms with van der Waals surface area (Å²) in [6, 6.07) is 0. The normalized spacial score (nSPS) is 14.2. The fourth-order valence-electron chi connectivity index (χ4n) is 1.48. The Morgan fingerprint density at radius 3 is 1.15 bits per heavy atom. The van der Waals surface area contributed by atoms with E-state index in [-0.39, 0.29) is 0 Å². The van der Waals surface area contributed by atoms with Gasteiger partial charge in [-0.05, 0) is 58.9 Å². The topological polar surface area (TPSA) is 77.0 Å². The first-order valence-electron chi connectivity index (χ1n) is 6.65. The highest BCUT2D eigenvalue weighted by Gasteiger charge is 2.53. The van der Waals surface area contributed by atoms with Gasteiger partial charge in [0.15, 0.2) is 25.0 Å². The van der Waals surface area contributed by atoms with E-state index < -0.39 is 40.0 Å². The third kappa shape index (κ3) is 9.85. The molecule has 0 aromatic carbocycles. The summed E-state index contributed by atoms with van der Waals surface area (Å²) in [5.74, 6) is 0. The molecule has 0 heterocycles. The van der Waals surface area contributed by atoms with Crippen LogP contribution in [0.25, 0.3) is 0 Å². The molecule has 0 rings (SSSR count). The molecule has 0 saturated carbocycles. The largest absolute Gasteiger partial charge is 0.604 e. The molecule has 0 aliphatic heterocycles. The summed E-state index contributed by atoms with van der Waals surface area (Å²) in [5, 5.41) is 9.17. The molecule has 0 atom stereocenters. The Morgan fingerprint density at radius 1 is 0.750 bits per heavy atom. The zero-order valence-corrected chi connectivity index (χ0v) is 18.1.